The Morgan fingerprint density at radius 3 is 2.62 bits per heavy atom. The van der Waals surface area contributed by atoms with Gasteiger partial charge in [-0.25, -0.2) is 8.78 Å². The lowest BCUT2D eigenvalue weighted by Gasteiger charge is -2.16. The van der Waals surface area contributed by atoms with Crippen LogP contribution in [0, 0.1) is 11.6 Å². The quantitative estimate of drug-likeness (QED) is 0.879. The Morgan fingerprint density at radius 1 is 1.19 bits per heavy atom. The molecule has 0 spiro atoms. The van der Waals surface area contributed by atoms with E-state index in [9.17, 15) is 8.78 Å². The third-order valence-electron chi connectivity index (χ3n) is 3.27. The maximum Gasteiger partial charge on any atom is 0.130 e. The minimum atomic E-state index is -0.583. The molecular weight excluding hydrogens is 296 g/mol. The van der Waals surface area contributed by atoms with Crippen LogP contribution < -0.4 is 10.1 Å². The monoisotopic (exact) mass is 311 g/mol. The van der Waals surface area contributed by atoms with Crippen LogP contribution in [0.4, 0.5) is 8.78 Å². The number of halogens is 3. The first-order valence-electron chi connectivity index (χ1n) is 6.52. The molecule has 0 saturated heterocycles. The fraction of sp³-hybridized carbons (Fsp3) is 0.250. The average molecular weight is 312 g/mol. The molecule has 1 unspecified atom stereocenters. The van der Waals surface area contributed by atoms with E-state index in [4.69, 9.17) is 16.3 Å². The molecule has 21 heavy (non-hydrogen) atoms. The zero-order valence-electron chi connectivity index (χ0n) is 11.8. The lowest BCUT2D eigenvalue weighted by molar-refractivity contribution is 0.405. The molecule has 0 saturated carbocycles. The van der Waals surface area contributed by atoms with Crippen LogP contribution >= 0.6 is 11.6 Å². The van der Waals surface area contributed by atoms with Gasteiger partial charge < -0.3 is 10.1 Å². The first kappa shape index (κ1) is 15.7. The Balaban J connectivity index is 2.10. The summed E-state index contributed by atoms with van der Waals surface area (Å²) in [7, 11) is 1.58. The van der Waals surface area contributed by atoms with E-state index in [1.807, 2.05) is 6.92 Å². The van der Waals surface area contributed by atoms with Crippen molar-refractivity contribution in [3.05, 3.63) is 64.2 Å². The highest BCUT2D eigenvalue weighted by molar-refractivity contribution is 6.30. The second-order valence-electron chi connectivity index (χ2n) is 4.72. The minimum Gasteiger partial charge on any atom is -0.496 e. The van der Waals surface area contributed by atoms with Crippen LogP contribution in [0.1, 0.15) is 24.1 Å². The van der Waals surface area contributed by atoms with Crippen molar-refractivity contribution in [2.45, 2.75) is 19.5 Å². The number of hydrogen-bond donors (Lipinski definition) is 1. The molecule has 112 valence electrons. The summed E-state index contributed by atoms with van der Waals surface area (Å²) in [5.74, 6) is -0.438. The van der Waals surface area contributed by atoms with Crippen LogP contribution in [0.2, 0.25) is 5.02 Å². The van der Waals surface area contributed by atoms with Gasteiger partial charge in [0.15, 0.2) is 0 Å². The van der Waals surface area contributed by atoms with Gasteiger partial charge in [0.1, 0.15) is 17.4 Å². The largest absolute Gasteiger partial charge is 0.496 e. The molecule has 2 aromatic rings. The number of hydrogen-bond acceptors (Lipinski definition) is 2. The molecule has 5 heteroatoms. The maximum absolute atomic E-state index is 13.7. The van der Waals surface area contributed by atoms with Gasteiger partial charge in [-0.2, -0.15) is 0 Å². The van der Waals surface area contributed by atoms with Gasteiger partial charge in [0, 0.05) is 34.8 Å². The van der Waals surface area contributed by atoms with Gasteiger partial charge in [-0.1, -0.05) is 17.7 Å². The predicted molar refractivity (Wildman–Crippen MR) is 79.6 cm³/mol. The van der Waals surface area contributed by atoms with Crippen molar-refractivity contribution < 1.29 is 13.5 Å². The molecule has 0 heterocycles. The summed E-state index contributed by atoms with van der Waals surface area (Å²) in [6.45, 7) is 2.27. The smallest absolute Gasteiger partial charge is 0.130 e. The first-order chi connectivity index (χ1) is 10.0. The normalized spacial score (nSPS) is 12.2. The molecule has 0 aromatic heterocycles. The average Bonchev–Trinajstić information content (AvgIpc) is 2.45. The highest BCUT2D eigenvalue weighted by Crippen LogP contribution is 2.24. The second-order valence-corrected chi connectivity index (χ2v) is 5.16. The van der Waals surface area contributed by atoms with E-state index in [0.717, 1.165) is 11.6 Å². The first-order valence-corrected chi connectivity index (χ1v) is 6.90. The van der Waals surface area contributed by atoms with Gasteiger partial charge in [0.2, 0.25) is 0 Å². The maximum atomic E-state index is 13.7. The number of rotatable bonds is 5. The van der Waals surface area contributed by atoms with Gasteiger partial charge >= 0.3 is 0 Å². The molecule has 0 aliphatic rings. The summed E-state index contributed by atoms with van der Waals surface area (Å²) in [4.78, 5) is 0. The highest BCUT2D eigenvalue weighted by Gasteiger charge is 2.12. The van der Waals surface area contributed by atoms with Crippen LogP contribution in [0.5, 0.6) is 5.75 Å². The van der Waals surface area contributed by atoms with Crippen molar-refractivity contribution in [3.8, 4) is 5.75 Å². The molecule has 2 rings (SSSR count). The lowest BCUT2D eigenvalue weighted by Crippen LogP contribution is -2.19. The lowest BCUT2D eigenvalue weighted by atomic mass is 10.1. The topological polar surface area (TPSA) is 21.3 Å². The summed E-state index contributed by atoms with van der Waals surface area (Å²) >= 11 is 5.96. The second kappa shape index (κ2) is 6.87. The molecule has 0 amide bonds. The molecule has 0 aliphatic heterocycles. The summed E-state index contributed by atoms with van der Waals surface area (Å²) in [6.07, 6.45) is 0. The molecule has 0 fully saturated rings. The number of benzene rings is 2. The van der Waals surface area contributed by atoms with E-state index < -0.39 is 11.6 Å². The van der Waals surface area contributed by atoms with E-state index in [2.05, 4.69) is 5.32 Å². The summed E-state index contributed by atoms with van der Waals surface area (Å²) in [6, 6.07) is 8.62. The summed E-state index contributed by atoms with van der Waals surface area (Å²) in [5, 5.41) is 3.78. The summed E-state index contributed by atoms with van der Waals surface area (Å²) in [5.41, 5.74) is 1.29. The molecule has 0 radical (unpaired) electrons. The van der Waals surface area contributed by atoms with Crippen molar-refractivity contribution in [2.24, 2.45) is 0 Å². The number of methoxy groups -OCH3 is 1. The van der Waals surface area contributed by atoms with Crippen LogP contribution in [0.25, 0.3) is 0 Å². The van der Waals surface area contributed by atoms with Crippen molar-refractivity contribution in [3.63, 3.8) is 0 Å². The van der Waals surface area contributed by atoms with Crippen molar-refractivity contribution >= 4 is 11.6 Å². The molecular formula is C16H16ClF2NO. The minimum absolute atomic E-state index is 0.269. The van der Waals surface area contributed by atoms with E-state index in [1.54, 1.807) is 25.3 Å². The van der Waals surface area contributed by atoms with Crippen LogP contribution in [-0.4, -0.2) is 7.11 Å². The third kappa shape index (κ3) is 3.93. The van der Waals surface area contributed by atoms with E-state index >= 15 is 0 Å². The Labute approximate surface area is 127 Å². The highest BCUT2D eigenvalue weighted by atomic mass is 35.5. The van der Waals surface area contributed by atoms with Crippen molar-refractivity contribution in [1.29, 1.82) is 0 Å². The van der Waals surface area contributed by atoms with E-state index in [1.165, 1.54) is 12.1 Å². The molecule has 2 aromatic carbocycles. The van der Waals surface area contributed by atoms with Gasteiger partial charge in [-0.3, -0.25) is 0 Å². The molecule has 1 atom stereocenters. The summed E-state index contributed by atoms with van der Waals surface area (Å²) < 4.78 is 31.9. The van der Waals surface area contributed by atoms with Crippen LogP contribution in [0.3, 0.4) is 0 Å². The van der Waals surface area contributed by atoms with Crippen molar-refractivity contribution in [2.75, 3.05) is 7.11 Å². The van der Waals surface area contributed by atoms with E-state index in [-0.39, 0.29) is 6.04 Å². The fourth-order valence-electron chi connectivity index (χ4n) is 2.11. The zero-order chi connectivity index (χ0) is 15.4. The van der Waals surface area contributed by atoms with Gasteiger partial charge in [0.25, 0.3) is 0 Å². The number of nitrogens with one attached hydrogen (secondary N) is 1. The van der Waals surface area contributed by atoms with Gasteiger partial charge in [-0.05, 0) is 31.2 Å². The van der Waals surface area contributed by atoms with E-state index in [0.29, 0.717) is 22.9 Å². The third-order valence-corrected chi connectivity index (χ3v) is 3.51. The molecule has 2 nitrogen and oxygen atoms in total. The SMILES string of the molecule is COc1ccc(Cl)cc1CNC(C)c1ccc(F)cc1F. The Morgan fingerprint density at radius 2 is 1.95 bits per heavy atom. The number of ether oxygens (including phenoxy) is 1. The van der Waals surface area contributed by atoms with Crippen molar-refractivity contribution in [1.82, 2.24) is 5.32 Å². The Bertz CT molecular complexity index is 634. The van der Waals surface area contributed by atoms with Crippen LogP contribution in [0.15, 0.2) is 36.4 Å². The van der Waals surface area contributed by atoms with Crippen LogP contribution in [-0.2, 0) is 6.54 Å². The fourth-order valence-corrected chi connectivity index (χ4v) is 2.31. The Hall–Kier alpha value is -1.65. The Kier molecular flexibility index (Phi) is 5.15. The molecule has 0 aliphatic carbocycles. The van der Waals surface area contributed by atoms with Gasteiger partial charge in [0.05, 0.1) is 7.11 Å². The molecule has 0 bridgehead atoms. The predicted octanol–water partition coefficient (Wildman–Crippen LogP) is 4.48. The zero-order valence-corrected chi connectivity index (χ0v) is 12.5. The standard InChI is InChI=1S/C16H16ClF2NO/c1-10(14-5-4-13(18)8-15(14)19)20-9-11-7-12(17)3-6-16(11)21-2/h3-8,10,20H,9H2,1-2H3. The molecule has 1 N–H and O–H groups in total. The van der Waals surface area contributed by atoms with Gasteiger partial charge in [-0.15, -0.1) is 0 Å².